The minimum atomic E-state index is -0.0999. The van der Waals surface area contributed by atoms with E-state index in [0.717, 1.165) is 62.4 Å². The van der Waals surface area contributed by atoms with Gasteiger partial charge in [0.25, 0.3) is 0 Å². The van der Waals surface area contributed by atoms with Crippen LogP contribution < -0.4 is 14.7 Å². The van der Waals surface area contributed by atoms with Crippen molar-refractivity contribution in [3.05, 3.63) is 556 Å². The lowest BCUT2D eigenvalue weighted by molar-refractivity contribution is 0.660. The maximum atomic E-state index is 4.80. The molecule has 0 N–H and O–H groups in total. The summed E-state index contributed by atoms with van der Waals surface area (Å²) in [4.78, 5) is 16.2. The molecule has 0 saturated carbocycles. The van der Waals surface area contributed by atoms with Gasteiger partial charge < -0.3 is 23.5 Å². The first-order valence-corrected chi connectivity index (χ1v) is 49.5. The van der Waals surface area contributed by atoms with Crippen molar-refractivity contribution in [2.45, 2.75) is 38.5 Å². The summed E-state index contributed by atoms with van der Waals surface area (Å²) in [5.41, 5.74) is 42.0. The van der Waals surface area contributed by atoms with E-state index in [0.29, 0.717) is 0 Å². The summed E-state index contributed by atoms with van der Waals surface area (Å²) in [5, 5.41) is 7.55. The summed E-state index contributed by atoms with van der Waals surface area (Å²) in [6, 6.07) is 186. The van der Waals surface area contributed by atoms with Gasteiger partial charge in [-0.2, -0.15) is 0 Å². The van der Waals surface area contributed by atoms with Gasteiger partial charge in [-0.15, -0.1) is 0 Å². The van der Waals surface area contributed by atoms with Gasteiger partial charge in [0.1, 0.15) is 5.82 Å². The summed E-state index contributed by atoms with van der Waals surface area (Å²) in [5.74, 6) is 0.892. The van der Waals surface area contributed by atoms with Crippen LogP contribution >= 0.6 is 0 Å². The number of rotatable bonds is 17. The van der Waals surface area contributed by atoms with Crippen molar-refractivity contribution in [3.63, 3.8) is 0 Å². The molecule has 5 heterocycles. The average Bonchev–Trinajstić information content (AvgIpc) is 1.58. The fourth-order valence-corrected chi connectivity index (χ4v) is 22.3. The Kier molecular flexibility index (Phi) is 22.2. The molecular weight excluding hydrogens is 1750 g/mol. The van der Waals surface area contributed by atoms with E-state index in [2.05, 4.69) is 565 Å². The standard InChI is InChI=1S/C50H37N3.C44H33N3.C42H30N2/c1-50(2)46-19-8-6-17-42(46)43-27-26-41(32-47(43)50)52(40-16-10-12-35(30-40)37-13-11-29-51-33-37)39-24-21-34(22-25-39)36-23-28-49-45(31-36)44-18-7-9-20-48(44)53(49)38-14-4-3-5-15-38;1-44(2)39-16-8-6-14-35(39)36-25-24-34(29-40(36)44)46(43-18-10-11-27-45-43)33-22-19-30(20-23-33)31-21-26-42-38(28-31)37-15-7-9-17-41(37)47(42)32-12-4-3-5-13-32;1-4-12-31(13-5-1)32-20-25-37(26-21-32)43(35-14-6-2-7-15-35)38-27-22-33(23-28-38)34-24-29-40-39-18-10-11-19-41(39)44(42(40)30-34)36-16-8-3-9-17-36/h3-33H,1-2H3;3-29H,1-2H3;1-30H. The minimum Gasteiger partial charge on any atom is -0.311 e. The SMILES string of the molecule is CC1(C)c2ccccc2-c2ccc(N(c3ccc(-c4ccc5c(c4)c4ccccc4n5-c4ccccc4)cc3)c3cccc(-c4cccnc4)c3)cc21.CC1(C)c2ccccc2-c2ccc(N(c3ccc(-c4ccc5c(c4)c4ccccc4n5-c4ccccc4)cc3)c3ccccn3)cc21.c1ccc(-c2ccc(N(c3ccccc3)c3ccc(-c4ccc5c6ccccc6n(-c6ccccc6)c5c4)cc3)cc2)cc1. The molecule has 8 nitrogen and oxygen atoms in total. The van der Waals surface area contributed by atoms with Crippen LogP contribution in [0.1, 0.15) is 49.9 Å². The van der Waals surface area contributed by atoms with Crippen LogP contribution in [0.15, 0.2) is 534 Å². The van der Waals surface area contributed by atoms with Gasteiger partial charge in [0.05, 0.1) is 33.1 Å². The molecule has 25 aromatic rings. The van der Waals surface area contributed by atoms with Gasteiger partial charge in [-0.3, -0.25) is 9.88 Å². The summed E-state index contributed by atoms with van der Waals surface area (Å²) < 4.78 is 7.10. The van der Waals surface area contributed by atoms with Crippen LogP contribution in [0.3, 0.4) is 0 Å². The van der Waals surface area contributed by atoms with E-state index in [9.17, 15) is 0 Å². The third-order valence-electron chi connectivity index (χ3n) is 29.3. The quantitative estimate of drug-likeness (QED) is 0.0909. The smallest absolute Gasteiger partial charge is 0.137 e. The summed E-state index contributed by atoms with van der Waals surface area (Å²) in [6.07, 6.45) is 5.62. The van der Waals surface area contributed by atoms with E-state index in [-0.39, 0.29) is 10.8 Å². The molecular formula is C136H100N8. The summed E-state index contributed by atoms with van der Waals surface area (Å²) in [7, 11) is 0. The third kappa shape index (κ3) is 15.7. The van der Waals surface area contributed by atoms with Gasteiger partial charge in [0.2, 0.25) is 0 Å². The van der Waals surface area contributed by atoms with Gasteiger partial charge >= 0.3 is 0 Å². The number of nitrogens with zero attached hydrogens (tertiary/aromatic N) is 8. The zero-order valence-electron chi connectivity index (χ0n) is 80.4. The number of anilines is 9. The normalized spacial score (nSPS) is 12.4. The van der Waals surface area contributed by atoms with E-state index in [1.54, 1.807) is 0 Å². The topological polar surface area (TPSA) is 50.3 Å². The van der Waals surface area contributed by atoms with Gasteiger partial charge in [-0.1, -0.05) is 343 Å². The fraction of sp³-hybridized carbons (Fsp3) is 0.0441. The lowest BCUT2D eigenvalue weighted by Gasteiger charge is -2.28. The Bertz CT molecular complexity index is 9070. The second-order valence-electron chi connectivity index (χ2n) is 38.4. The van der Waals surface area contributed by atoms with Crippen molar-refractivity contribution >= 4 is 117 Å². The molecule has 0 spiro atoms. The van der Waals surface area contributed by atoms with Crippen LogP contribution in [0, 0.1) is 0 Å². The molecule has 0 unspecified atom stereocenters. The van der Waals surface area contributed by atoms with E-state index >= 15 is 0 Å². The molecule has 27 rings (SSSR count). The van der Waals surface area contributed by atoms with Crippen molar-refractivity contribution in [3.8, 4) is 95.0 Å². The molecule has 0 aliphatic heterocycles. The number of fused-ring (bicyclic) bond motifs is 15. The van der Waals surface area contributed by atoms with Crippen LogP contribution in [0.25, 0.3) is 160 Å². The maximum Gasteiger partial charge on any atom is 0.137 e. The van der Waals surface area contributed by atoms with Crippen LogP contribution in [0.2, 0.25) is 0 Å². The highest BCUT2D eigenvalue weighted by molar-refractivity contribution is 6.13. The predicted octanol–water partition coefficient (Wildman–Crippen LogP) is 36.5. The van der Waals surface area contributed by atoms with Gasteiger partial charge in [0, 0.05) is 130 Å². The molecule has 684 valence electrons. The lowest BCUT2D eigenvalue weighted by Crippen LogP contribution is -2.16. The van der Waals surface area contributed by atoms with E-state index in [4.69, 9.17) is 4.98 Å². The molecule has 20 aromatic carbocycles. The van der Waals surface area contributed by atoms with Crippen molar-refractivity contribution in [1.82, 2.24) is 23.7 Å². The molecule has 0 amide bonds. The van der Waals surface area contributed by atoms with Crippen LogP contribution in [0.4, 0.5) is 51.3 Å². The predicted molar refractivity (Wildman–Crippen MR) is 604 cm³/mol. The Morgan fingerprint density at radius 1 is 0.181 bits per heavy atom. The molecule has 0 fully saturated rings. The Balaban J connectivity index is 0.000000114. The zero-order chi connectivity index (χ0) is 96.4. The first-order chi connectivity index (χ1) is 70.9. The molecule has 2 aliphatic carbocycles. The maximum absolute atomic E-state index is 4.80. The number of hydrogen-bond donors (Lipinski definition) is 0. The first kappa shape index (κ1) is 87.0. The second kappa shape index (κ2) is 36.7. The van der Waals surface area contributed by atoms with Crippen molar-refractivity contribution in [2.75, 3.05) is 14.7 Å². The van der Waals surface area contributed by atoms with Crippen LogP contribution in [-0.4, -0.2) is 23.7 Å². The highest BCUT2D eigenvalue weighted by Gasteiger charge is 2.38. The Labute approximate surface area is 839 Å². The van der Waals surface area contributed by atoms with Crippen molar-refractivity contribution < 1.29 is 0 Å². The van der Waals surface area contributed by atoms with Crippen molar-refractivity contribution in [2.24, 2.45) is 0 Å². The van der Waals surface area contributed by atoms with E-state index in [1.807, 2.05) is 30.7 Å². The fourth-order valence-electron chi connectivity index (χ4n) is 22.3. The minimum absolute atomic E-state index is 0.0795. The molecule has 5 aromatic heterocycles. The Hall–Kier alpha value is -18.5. The van der Waals surface area contributed by atoms with Crippen LogP contribution in [-0.2, 0) is 10.8 Å². The molecule has 0 atom stereocenters. The van der Waals surface area contributed by atoms with Gasteiger partial charge in [0.15, 0.2) is 0 Å². The van der Waals surface area contributed by atoms with Crippen LogP contribution in [0.5, 0.6) is 0 Å². The molecule has 2 aliphatic rings. The molecule has 144 heavy (non-hydrogen) atoms. The number of benzene rings is 20. The largest absolute Gasteiger partial charge is 0.311 e. The third-order valence-corrected chi connectivity index (χ3v) is 29.3. The highest BCUT2D eigenvalue weighted by atomic mass is 15.2. The number of para-hydroxylation sites is 7. The molecule has 0 bridgehead atoms. The molecule has 0 radical (unpaired) electrons. The van der Waals surface area contributed by atoms with E-state index < -0.39 is 0 Å². The summed E-state index contributed by atoms with van der Waals surface area (Å²) in [6.45, 7) is 9.35. The molecule has 0 saturated heterocycles. The van der Waals surface area contributed by atoms with Gasteiger partial charge in [-0.05, 0) is 295 Å². The average molecular weight is 1850 g/mol. The Morgan fingerprint density at radius 2 is 0.493 bits per heavy atom. The number of hydrogen-bond acceptors (Lipinski definition) is 5. The second-order valence-corrected chi connectivity index (χ2v) is 38.4. The first-order valence-electron chi connectivity index (χ1n) is 49.5. The summed E-state index contributed by atoms with van der Waals surface area (Å²) >= 11 is 0. The Morgan fingerprint density at radius 3 is 0.965 bits per heavy atom. The monoisotopic (exact) mass is 1840 g/mol. The zero-order valence-corrected chi connectivity index (χ0v) is 80.4. The number of pyridine rings is 2. The van der Waals surface area contributed by atoms with E-state index in [1.165, 1.54) is 171 Å². The lowest BCUT2D eigenvalue weighted by atomic mass is 9.82. The highest BCUT2D eigenvalue weighted by Crippen LogP contribution is 2.54. The molecule has 8 heteroatoms. The number of aromatic nitrogens is 5. The van der Waals surface area contributed by atoms with Gasteiger partial charge in [-0.25, -0.2) is 4.98 Å². The van der Waals surface area contributed by atoms with Crippen molar-refractivity contribution in [1.29, 1.82) is 0 Å².